The molecular weight excluding hydrogens is 615 g/mol. The van der Waals surface area contributed by atoms with Gasteiger partial charge in [-0.3, -0.25) is 9.79 Å². The van der Waals surface area contributed by atoms with Gasteiger partial charge in [0.1, 0.15) is 11.9 Å². The molecule has 3 heterocycles. The maximum Gasteiger partial charge on any atom is 0.338 e. The Morgan fingerprint density at radius 2 is 1.97 bits per heavy atom. The fourth-order valence-electron chi connectivity index (χ4n) is 5.25. The van der Waals surface area contributed by atoms with E-state index in [4.69, 9.17) is 14.8 Å². The summed E-state index contributed by atoms with van der Waals surface area (Å²) in [6.45, 7) is 0.442. The maximum atomic E-state index is 14.5. The van der Waals surface area contributed by atoms with Crippen molar-refractivity contribution in [3.63, 3.8) is 0 Å². The zero-order valence-corrected chi connectivity index (χ0v) is 24.1. The first kappa shape index (κ1) is 27.9. The number of amidine groups is 1. The van der Waals surface area contributed by atoms with Crippen molar-refractivity contribution >= 4 is 55.1 Å². The van der Waals surface area contributed by atoms with Crippen LogP contribution in [0.15, 0.2) is 50.5 Å². The second kappa shape index (κ2) is 11.1. The summed E-state index contributed by atoms with van der Waals surface area (Å²) in [5.41, 5.74) is 1.23. The van der Waals surface area contributed by atoms with Crippen LogP contribution in [0.25, 0.3) is 0 Å². The van der Waals surface area contributed by atoms with E-state index in [-0.39, 0.29) is 41.9 Å². The lowest BCUT2D eigenvalue weighted by atomic mass is 9.85. The van der Waals surface area contributed by atoms with Crippen LogP contribution in [0.3, 0.4) is 0 Å². The number of carboxylic acid groups (broad SMARTS) is 1. The van der Waals surface area contributed by atoms with Gasteiger partial charge in [-0.1, -0.05) is 12.1 Å². The number of nitrogens with zero attached hydrogens (tertiary/aromatic N) is 3. The Kier molecular flexibility index (Phi) is 7.91. The molecule has 1 saturated heterocycles. The number of halogens is 2. The van der Waals surface area contributed by atoms with Crippen LogP contribution in [-0.4, -0.2) is 66.0 Å². The molecule has 1 saturated carbocycles. The Bertz CT molecular complexity index is 1450. The molecule has 208 valence electrons. The Morgan fingerprint density at radius 3 is 2.59 bits per heavy atom. The zero-order chi connectivity index (χ0) is 27.9. The molecule has 0 bridgehead atoms. The minimum Gasteiger partial charge on any atom is -0.481 e. The van der Waals surface area contributed by atoms with Gasteiger partial charge in [0, 0.05) is 36.3 Å². The van der Waals surface area contributed by atoms with Crippen molar-refractivity contribution in [3.8, 4) is 0 Å². The van der Waals surface area contributed by atoms with Crippen molar-refractivity contribution in [2.24, 2.45) is 16.8 Å². The topological polar surface area (TPSA) is 138 Å². The summed E-state index contributed by atoms with van der Waals surface area (Å²) in [6.07, 6.45) is 2.71. The number of thiazole rings is 1. The van der Waals surface area contributed by atoms with E-state index in [9.17, 15) is 22.4 Å². The third-order valence-electron chi connectivity index (χ3n) is 7.48. The molecule has 0 radical (unpaired) electrons. The second-order valence-electron chi connectivity index (χ2n) is 9.65. The number of methoxy groups -OCH3 is 1. The third-order valence-corrected chi connectivity index (χ3v) is 11.4. The van der Waals surface area contributed by atoms with Gasteiger partial charge in [-0.15, -0.1) is 11.3 Å². The number of rotatable bonds is 7. The average molecular weight is 642 g/mol. The zero-order valence-electron chi connectivity index (χ0n) is 20.8. The minimum absolute atomic E-state index is 0.120. The van der Waals surface area contributed by atoms with Crippen LogP contribution < -0.4 is 5.32 Å². The highest BCUT2D eigenvalue weighted by atomic mass is 79.9. The number of nitrogens with one attached hydrogen (secondary N) is 1. The molecule has 1 aliphatic carbocycles. The number of hydrogen-bond donors (Lipinski definition) is 2. The minimum atomic E-state index is -3.63. The van der Waals surface area contributed by atoms with Crippen LogP contribution in [0.5, 0.6) is 0 Å². The van der Waals surface area contributed by atoms with Crippen molar-refractivity contribution < 1.29 is 32.2 Å². The van der Waals surface area contributed by atoms with E-state index < -0.39 is 45.0 Å². The predicted molar refractivity (Wildman–Crippen MR) is 145 cm³/mol. The number of hydrogen-bond acceptors (Lipinski definition) is 9. The summed E-state index contributed by atoms with van der Waals surface area (Å²) in [5.74, 6) is -2.52. The molecule has 0 amide bonds. The lowest BCUT2D eigenvalue weighted by Gasteiger charge is -2.40. The molecule has 3 aliphatic rings. The summed E-state index contributed by atoms with van der Waals surface area (Å²) >= 11 is 4.66. The largest absolute Gasteiger partial charge is 0.481 e. The first-order valence-corrected chi connectivity index (χ1v) is 15.5. The molecule has 2 fully saturated rings. The van der Waals surface area contributed by atoms with E-state index in [1.165, 1.54) is 28.8 Å². The van der Waals surface area contributed by atoms with Gasteiger partial charge < -0.3 is 15.2 Å². The summed E-state index contributed by atoms with van der Waals surface area (Å²) in [5, 5.41) is 14.1. The van der Waals surface area contributed by atoms with Gasteiger partial charge in [-0.05, 0) is 53.2 Å². The number of carbonyl (C=O) groups excluding carboxylic acids is 1. The number of carboxylic acids is 1. The lowest BCUT2D eigenvalue weighted by Crippen LogP contribution is -2.50. The molecule has 5 rings (SSSR count). The Morgan fingerprint density at radius 1 is 1.26 bits per heavy atom. The Labute approximate surface area is 237 Å². The number of aromatic nitrogens is 1. The average Bonchev–Trinajstić information content (AvgIpc) is 3.43. The predicted octanol–water partition coefficient (Wildman–Crippen LogP) is 3.47. The number of esters is 1. The molecule has 1 aromatic heterocycles. The molecule has 1 atom stereocenters. The van der Waals surface area contributed by atoms with Crippen LogP contribution in [0.1, 0.15) is 42.3 Å². The fraction of sp³-hybridized carbons (Fsp3) is 0.440. The SMILES string of the molecule is COC(=O)C1=C(C2CCN(S(=O)(=O)[C@H]3C[C@H](C(=O)O)C3)CC2)NC(c2nccs2)=N[C@@H]1c1cccc(F)c1Br. The van der Waals surface area contributed by atoms with Crippen LogP contribution in [0, 0.1) is 17.7 Å². The number of ether oxygens (including phenoxy) is 1. The molecule has 14 heteroatoms. The maximum absolute atomic E-state index is 14.5. The number of carbonyl (C=O) groups is 2. The van der Waals surface area contributed by atoms with Crippen LogP contribution >= 0.6 is 27.3 Å². The summed E-state index contributed by atoms with van der Waals surface area (Å²) < 4.78 is 47.5. The van der Waals surface area contributed by atoms with Gasteiger partial charge in [0.05, 0.1) is 28.3 Å². The van der Waals surface area contributed by atoms with E-state index in [0.717, 1.165) is 0 Å². The van der Waals surface area contributed by atoms with E-state index in [1.807, 2.05) is 0 Å². The molecular formula is C25H26BrFN4O6S2. The Balaban J connectivity index is 1.46. The molecule has 39 heavy (non-hydrogen) atoms. The van der Waals surface area contributed by atoms with E-state index in [2.05, 4.69) is 26.2 Å². The Hall–Kier alpha value is -2.68. The first-order valence-electron chi connectivity index (χ1n) is 12.3. The van der Waals surface area contributed by atoms with Crippen LogP contribution in [0.4, 0.5) is 4.39 Å². The summed E-state index contributed by atoms with van der Waals surface area (Å²) in [4.78, 5) is 33.4. The van der Waals surface area contributed by atoms with Gasteiger partial charge in [0.15, 0.2) is 10.8 Å². The summed E-state index contributed by atoms with van der Waals surface area (Å²) in [7, 11) is -2.36. The smallest absolute Gasteiger partial charge is 0.338 e. The van der Waals surface area contributed by atoms with Gasteiger partial charge in [0.25, 0.3) is 0 Å². The number of allylic oxidation sites excluding steroid dienone is 1. The van der Waals surface area contributed by atoms with Crippen molar-refractivity contribution in [1.29, 1.82) is 0 Å². The van der Waals surface area contributed by atoms with E-state index in [0.29, 0.717) is 34.9 Å². The molecule has 0 spiro atoms. The highest BCUT2D eigenvalue weighted by molar-refractivity contribution is 9.10. The van der Waals surface area contributed by atoms with Crippen LogP contribution in [-0.2, 0) is 24.3 Å². The van der Waals surface area contributed by atoms with Gasteiger partial charge in [-0.2, -0.15) is 0 Å². The van der Waals surface area contributed by atoms with Crippen molar-refractivity contribution in [1.82, 2.24) is 14.6 Å². The molecule has 1 aromatic carbocycles. The van der Waals surface area contributed by atoms with Gasteiger partial charge in [-0.25, -0.2) is 26.9 Å². The standard InChI is InChI=1S/C25H26BrFN4O6S2/c1-37-25(34)18-20(13-5-8-31(9-6-13)39(35,36)15-11-14(12-15)24(32)33)29-22(23-28-7-10-38-23)30-21(18)16-3-2-4-17(27)19(16)26/h2-4,7,10,13-15,21H,5-6,8-9,11-12H2,1H3,(H,29,30)(H,32,33)/t14-,15-,21-/m1/s1. The van der Waals surface area contributed by atoms with Gasteiger partial charge in [0.2, 0.25) is 10.0 Å². The highest BCUT2D eigenvalue weighted by Crippen LogP contribution is 2.41. The van der Waals surface area contributed by atoms with Crippen molar-refractivity contribution in [2.75, 3.05) is 20.2 Å². The summed E-state index contributed by atoms with van der Waals surface area (Å²) in [6, 6.07) is 3.65. The third kappa shape index (κ3) is 5.26. The quantitative estimate of drug-likeness (QED) is 0.439. The van der Waals surface area contributed by atoms with Crippen LogP contribution in [0.2, 0.25) is 0 Å². The number of benzene rings is 1. The number of aliphatic imine (C=N–C) groups is 1. The number of sulfonamides is 1. The first-order chi connectivity index (χ1) is 18.6. The van der Waals surface area contributed by atoms with E-state index >= 15 is 0 Å². The second-order valence-corrected chi connectivity index (χ2v) is 13.6. The molecule has 2 aliphatic heterocycles. The highest BCUT2D eigenvalue weighted by Gasteiger charge is 2.46. The normalized spacial score (nSPS) is 24.5. The van der Waals surface area contributed by atoms with Crippen molar-refractivity contribution in [3.05, 3.63) is 61.9 Å². The fourth-order valence-corrected chi connectivity index (χ4v) is 8.41. The number of aliphatic carboxylic acids is 1. The lowest BCUT2D eigenvalue weighted by molar-refractivity contribution is -0.144. The molecule has 10 nitrogen and oxygen atoms in total. The molecule has 2 aromatic rings. The van der Waals surface area contributed by atoms with Crippen molar-refractivity contribution in [2.45, 2.75) is 37.0 Å². The molecule has 2 N–H and O–H groups in total. The number of piperidine rings is 1. The monoisotopic (exact) mass is 640 g/mol. The van der Waals surface area contributed by atoms with E-state index in [1.54, 1.807) is 23.7 Å². The molecule has 0 unspecified atom stereocenters. The van der Waals surface area contributed by atoms with Gasteiger partial charge >= 0.3 is 11.9 Å².